The van der Waals surface area contributed by atoms with Crippen LogP contribution in [-0.4, -0.2) is 50.7 Å². The van der Waals surface area contributed by atoms with E-state index in [1.165, 1.54) is 11.1 Å². The summed E-state index contributed by atoms with van der Waals surface area (Å²) in [5, 5.41) is 3.01. The van der Waals surface area contributed by atoms with Gasteiger partial charge in [0.25, 0.3) is 5.91 Å². The van der Waals surface area contributed by atoms with Gasteiger partial charge in [-0.05, 0) is 49.3 Å². The van der Waals surface area contributed by atoms with E-state index in [9.17, 15) is 4.79 Å². The van der Waals surface area contributed by atoms with E-state index >= 15 is 0 Å². The SMILES string of the molecule is CCCCNC(=O)C[N+](C)(C)CCCCOc1cc(C)ccc1C(C)C.[Br-]. The lowest BCUT2D eigenvalue weighted by atomic mass is 10.0. The van der Waals surface area contributed by atoms with Crippen LogP contribution in [0.3, 0.4) is 0 Å². The number of nitrogens with zero attached hydrogens (tertiary/aromatic N) is 1. The minimum absolute atomic E-state index is 0. The first-order valence-corrected chi connectivity index (χ1v) is 10.1. The number of nitrogens with one attached hydrogen (secondary N) is 1. The van der Waals surface area contributed by atoms with E-state index in [1.54, 1.807) is 0 Å². The van der Waals surface area contributed by atoms with E-state index in [1.807, 2.05) is 0 Å². The fraction of sp³-hybridized carbons (Fsp3) is 0.682. The van der Waals surface area contributed by atoms with Gasteiger partial charge in [0.2, 0.25) is 0 Å². The highest BCUT2D eigenvalue weighted by Crippen LogP contribution is 2.27. The maximum atomic E-state index is 12.0. The summed E-state index contributed by atoms with van der Waals surface area (Å²) in [5.41, 5.74) is 2.51. The van der Waals surface area contributed by atoms with Crippen molar-refractivity contribution in [3.05, 3.63) is 29.3 Å². The molecule has 0 aliphatic carbocycles. The predicted octanol–water partition coefficient (Wildman–Crippen LogP) is 1.27. The van der Waals surface area contributed by atoms with Crippen molar-refractivity contribution in [3.8, 4) is 5.75 Å². The summed E-state index contributed by atoms with van der Waals surface area (Å²) < 4.78 is 6.78. The number of ether oxygens (including phenoxy) is 1. The third-order valence-corrected chi connectivity index (χ3v) is 4.63. The molecule has 1 aromatic carbocycles. The Labute approximate surface area is 177 Å². The summed E-state index contributed by atoms with van der Waals surface area (Å²) in [4.78, 5) is 12.0. The van der Waals surface area contributed by atoms with Gasteiger partial charge in [0.05, 0.1) is 27.2 Å². The molecule has 5 heteroatoms. The zero-order valence-electron chi connectivity index (χ0n) is 18.1. The van der Waals surface area contributed by atoms with Gasteiger partial charge in [-0.15, -0.1) is 0 Å². The summed E-state index contributed by atoms with van der Waals surface area (Å²) >= 11 is 0. The number of amides is 1. The number of carbonyl (C=O) groups excluding carboxylic acids is 1. The Morgan fingerprint density at radius 3 is 2.52 bits per heavy atom. The molecule has 1 aromatic rings. The Hall–Kier alpha value is -1.07. The Morgan fingerprint density at radius 1 is 1.19 bits per heavy atom. The summed E-state index contributed by atoms with van der Waals surface area (Å²) in [6, 6.07) is 6.45. The largest absolute Gasteiger partial charge is 1.00 e. The highest BCUT2D eigenvalue weighted by Gasteiger charge is 2.19. The molecular formula is C22H39BrN2O2. The Morgan fingerprint density at radius 2 is 1.89 bits per heavy atom. The number of hydrogen-bond donors (Lipinski definition) is 1. The standard InChI is InChI=1S/C22H38N2O2.BrH/c1-7-8-13-23-22(25)17-24(5,6)14-9-10-15-26-21-16-19(4)11-12-20(21)18(2)3;/h11-12,16,18H,7-10,13-15,17H2,1-6H3;1H. The first kappa shape index (κ1) is 25.9. The summed E-state index contributed by atoms with van der Waals surface area (Å²) in [7, 11) is 4.25. The Balaban J connectivity index is 0.00000676. The van der Waals surface area contributed by atoms with Gasteiger partial charge < -0.3 is 31.5 Å². The normalized spacial score (nSPS) is 11.2. The second-order valence-electron chi connectivity index (χ2n) is 8.27. The van der Waals surface area contributed by atoms with E-state index < -0.39 is 0 Å². The Bertz CT molecular complexity index is 559. The van der Waals surface area contributed by atoms with Crippen LogP contribution in [0.15, 0.2) is 18.2 Å². The molecule has 0 heterocycles. The average Bonchev–Trinajstić information content (AvgIpc) is 2.54. The molecule has 0 radical (unpaired) electrons. The molecule has 1 rings (SSSR count). The van der Waals surface area contributed by atoms with E-state index in [-0.39, 0.29) is 22.9 Å². The van der Waals surface area contributed by atoms with Crippen LogP contribution in [0.25, 0.3) is 0 Å². The van der Waals surface area contributed by atoms with Gasteiger partial charge >= 0.3 is 0 Å². The first-order valence-electron chi connectivity index (χ1n) is 10.1. The van der Waals surface area contributed by atoms with Gasteiger partial charge in [0.1, 0.15) is 5.75 Å². The lowest BCUT2D eigenvalue weighted by Gasteiger charge is -2.29. The van der Waals surface area contributed by atoms with E-state index in [0.29, 0.717) is 12.5 Å². The van der Waals surface area contributed by atoms with Gasteiger partial charge in [-0.1, -0.05) is 39.3 Å². The molecule has 0 spiro atoms. The van der Waals surface area contributed by atoms with Crippen LogP contribution in [0.5, 0.6) is 5.75 Å². The zero-order valence-corrected chi connectivity index (χ0v) is 19.7. The molecule has 0 aromatic heterocycles. The van der Waals surface area contributed by atoms with Gasteiger partial charge in [-0.25, -0.2) is 0 Å². The summed E-state index contributed by atoms with van der Waals surface area (Å²) in [6.07, 6.45) is 4.22. The van der Waals surface area contributed by atoms with Crippen molar-refractivity contribution < 1.29 is 31.0 Å². The van der Waals surface area contributed by atoms with Crippen LogP contribution in [0, 0.1) is 6.92 Å². The van der Waals surface area contributed by atoms with E-state index in [0.717, 1.165) is 55.6 Å². The van der Waals surface area contributed by atoms with Crippen LogP contribution in [0.4, 0.5) is 0 Å². The van der Waals surface area contributed by atoms with Crippen LogP contribution in [-0.2, 0) is 4.79 Å². The number of likely N-dealkylation sites (N-methyl/N-ethyl adjacent to an activating group) is 1. The third kappa shape index (κ3) is 10.7. The smallest absolute Gasteiger partial charge is 0.275 e. The molecular weight excluding hydrogens is 404 g/mol. The molecule has 0 unspecified atom stereocenters. The lowest BCUT2D eigenvalue weighted by Crippen LogP contribution is -3.00. The number of carbonyl (C=O) groups is 1. The topological polar surface area (TPSA) is 38.3 Å². The molecule has 0 saturated carbocycles. The third-order valence-electron chi connectivity index (χ3n) is 4.63. The molecule has 0 aliphatic heterocycles. The predicted molar refractivity (Wildman–Crippen MR) is 110 cm³/mol. The number of benzene rings is 1. The summed E-state index contributed by atoms with van der Waals surface area (Å²) in [6.45, 7) is 11.7. The van der Waals surface area contributed by atoms with Gasteiger partial charge in [-0.3, -0.25) is 4.79 Å². The minimum atomic E-state index is 0. The maximum Gasteiger partial charge on any atom is 0.275 e. The van der Waals surface area contributed by atoms with Crippen molar-refractivity contribution in [2.24, 2.45) is 0 Å². The molecule has 0 saturated heterocycles. The second-order valence-corrected chi connectivity index (χ2v) is 8.27. The molecule has 1 amide bonds. The molecule has 156 valence electrons. The van der Waals surface area contributed by atoms with Crippen molar-refractivity contribution in [3.63, 3.8) is 0 Å². The minimum Gasteiger partial charge on any atom is -1.00 e. The van der Waals surface area contributed by atoms with Crippen molar-refractivity contribution in [1.29, 1.82) is 0 Å². The average molecular weight is 443 g/mol. The molecule has 0 bridgehead atoms. The van der Waals surface area contributed by atoms with Crippen LogP contribution < -0.4 is 27.0 Å². The van der Waals surface area contributed by atoms with Gasteiger partial charge in [-0.2, -0.15) is 0 Å². The number of rotatable bonds is 12. The van der Waals surface area contributed by atoms with Crippen LogP contribution >= 0.6 is 0 Å². The summed E-state index contributed by atoms with van der Waals surface area (Å²) in [5.74, 6) is 1.64. The first-order chi connectivity index (χ1) is 12.2. The van der Waals surface area contributed by atoms with Gasteiger partial charge in [0.15, 0.2) is 6.54 Å². The fourth-order valence-corrected chi connectivity index (χ4v) is 3.00. The number of aryl methyl sites for hydroxylation is 1. The van der Waals surface area contributed by atoms with Gasteiger partial charge in [0, 0.05) is 6.54 Å². The van der Waals surface area contributed by atoms with Crippen molar-refractivity contribution >= 4 is 5.91 Å². The lowest BCUT2D eigenvalue weighted by molar-refractivity contribution is -0.882. The number of halogens is 1. The molecule has 0 atom stereocenters. The van der Waals surface area contributed by atoms with Crippen molar-refractivity contribution in [2.45, 2.75) is 59.3 Å². The maximum absolute atomic E-state index is 12.0. The fourth-order valence-electron chi connectivity index (χ4n) is 3.00. The number of quaternary nitrogens is 1. The van der Waals surface area contributed by atoms with Crippen molar-refractivity contribution in [1.82, 2.24) is 5.32 Å². The Kier molecular flexibility index (Phi) is 12.6. The quantitative estimate of drug-likeness (QED) is 0.391. The molecule has 27 heavy (non-hydrogen) atoms. The molecule has 1 N–H and O–H groups in total. The highest BCUT2D eigenvalue weighted by molar-refractivity contribution is 5.76. The van der Waals surface area contributed by atoms with Crippen molar-refractivity contribution in [2.75, 3.05) is 40.3 Å². The molecule has 0 fully saturated rings. The van der Waals surface area contributed by atoms with Crippen LogP contribution in [0.2, 0.25) is 0 Å². The zero-order chi connectivity index (χ0) is 19.6. The van der Waals surface area contributed by atoms with E-state index in [2.05, 4.69) is 65.3 Å². The van der Waals surface area contributed by atoms with Crippen LogP contribution in [0.1, 0.15) is 63.5 Å². The van der Waals surface area contributed by atoms with E-state index in [4.69, 9.17) is 4.74 Å². The number of hydrogen-bond acceptors (Lipinski definition) is 2. The monoisotopic (exact) mass is 442 g/mol. The molecule has 0 aliphatic rings. The molecule has 4 nitrogen and oxygen atoms in total. The highest BCUT2D eigenvalue weighted by atomic mass is 79.9. The number of unbranched alkanes of at least 4 members (excludes halogenated alkanes) is 2. The second kappa shape index (κ2) is 13.2.